The maximum Gasteiger partial charge on any atom is 0.248 e. The predicted molar refractivity (Wildman–Crippen MR) is 80.6 cm³/mol. The third kappa shape index (κ3) is 2.83. The summed E-state index contributed by atoms with van der Waals surface area (Å²) < 4.78 is 1.81. The molecule has 1 aromatic heterocycles. The van der Waals surface area contributed by atoms with Crippen molar-refractivity contribution in [3.63, 3.8) is 0 Å². The minimum Gasteiger partial charge on any atom is -0.350 e. The van der Waals surface area contributed by atoms with Crippen molar-refractivity contribution in [3.8, 4) is 0 Å². The summed E-state index contributed by atoms with van der Waals surface area (Å²) in [4.78, 5) is 12.8. The molecule has 0 aliphatic carbocycles. The number of rotatable bonds is 4. The fourth-order valence-corrected chi connectivity index (χ4v) is 2.87. The van der Waals surface area contributed by atoms with E-state index >= 15 is 0 Å². The standard InChI is InChI=1S/C16H20N4O/c21-15(18-13-14-5-2-1-3-6-14)16(7-10-17-11-8-16)20-12-4-9-19-20/h1-6,9,12,17H,7-8,10-11,13H2,(H,18,21). The van der Waals surface area contributed by atoms with Gasteiger partial charge in [-0.05, 0) is 37.6 Å². The first-order valence-electron chi connectivity index (χ1n) is 7.34. The summed E-state index contributed by atoms with van der Waals surface area (Å²) in [5, 5.41) is 10.7. The highest BCUT2D eigenvalue weighted by molar-refractivity contribution is 5.84. The number of carbonyl (C=O) groups excluding carboxylic acids is 1. The predicted octanol–water partition coefficient (Wildman–Crippen LogP) is 1.28. The first-order chi connectivity index (χ1) is 10.3. The largest absolute Gasteiger partial charge is 0.350 e. The van der Waals surface area contributed by atoms with Crippen molar-refractivity contribution in [2.45, 2.75) is 24.9 Å². The number of hydrogen-bond acceptors (Lipinski definition) is 3. The fourth-order valence-electron chi connectivity index (χ4n) is 2.87. The Labute approximate surface area is 124 Å². The molecule has 2 heterocycles. The Bertz CT molecular complexity index is 574. The molecule has 0 saturated carbocycles. The van der Waals surface area contributed by atoms with Crippen LogP contribution in [0.25, 0.3) is 0 Å². The van der Waals surface area contributed by atoms with Crippen molar-refractivity contribution < 1.29 is 4.79 Å². The Kier molecular flexibility index (Phi) is 4.01. The minimum absolute atomic E-state index is 0.0524. The molecule has 21 heavy (non-hydrogen) atoms. The lowest BCUT2D eigenvalue weighted by Crippen LogP contribution is -2.54. The molecule has 0 spiro atoms. The van der Waals surface area contributed by atoms with Gasteiger partial charge in [-0.1, -0.05) is 30.3 Å². The number of aromatic nitrogens is 2. The van der Waals surface area contributed by atoms with Crippen molar-refractivity contribution in [1.82, 2.24) is 20.4 Å². The third-order valence-corrected chi connectivity index (χ3v) is 4.09. The lowest BCUT2D eigenvalue weighted by Gasteiger charge is -2.36. The van der Waals surface area contributed by atoms with Gasteiger partial charge in [0.2, 0.25) is 5.91 Å². The van der Waals surface area contributed by atoms with E-state index in [-0.39, 0.29) is 5.91 Å². The Hall–Kier alpha value is -2.14. The van der Waals surface area contributed by atoms with Gasteiger partial charge in [-0.25, -0.2) is 0 Å². The second-order valence-electron chi connectivity index (χ2n) is 5.40. The fraction of sp³-hybridized carbons (Fsp3) is 0.375. The van der Waals surface area contributed by atoms with Gasteiger partial charge in [-0.2, -0.15) is 5.10 Å². The molecular formula is C16H20N4O. The molecule has 3 rings (SSSR count). The van der Waals surface area contributed by atoms with Crippen LogP contribution in [0.15, 0.2) is 48.8 Å². The lowest BCUT2D eigenvalue weighted by molar-refractivity contribution is -0.132. The Morgan fingerprint density at radius 1 is 1.24 bits per heavy atom. The number of carbonyl (C=O) groups is 1. The monoisotopic (exact) mass is 284 g/mol. The first kappa shape index (κ1) is 13.8. The van der Waals surface area contributed by atoms with Crippen LogP contribution in [0, 0.1) is 0 Å². The van der Waals surface area contributed by atoms with E-state index in [2.05, 4.69) is 15.7 Å². The third-order valence-electron chi connectivity index (χ3n) is 4.09. The van der Waals surface area contributed by atoms with Gasteiger partial charge in [0.1, 0.15) is 5.54 Å². The Morgan fingerprint density at radius 2 is 2.00 bits per heavy atom. The van der Waals surface area contributed by atoms with E-state index in [9.17, 15) is 4.79 Å². The average Bonchev–Trinajstić information content (AvgIpc) is 3.09. The summed E-state index contributed by atoms with van der Waals surface area (Å²) in [5.41, 5.74) is 0.541. The van der Waals surface area contributed by atoms with Crippen molar-refractivity contribution >= 4 is 5.91 Å². The second-order valence-corrected chi connectivity index (χ2v) is 5.40. The van der Waals surface area contributed by atoms with E-state index in [1.807, 2.05) is 47.3 Å². The normalized spacial score (nSPS) is 17.3. The van der Waals surface area contributed by atoms with E-state index in [0.717, 1.165) is 31.5 Å². The number of benzene rings is 1. The number of nitrogens with one attached hydrogen (secondary N) is 2. The summed E-state index contributed by atoms with van der Waals surface area (Å²) in [7, 11) is 0. The molecule has 1 aliphatic rings. The molecule has 0 unspecified atom stereocenters. The van der Waals surface area contributed by atoms with E-state index in [0.29, 0.717) is 6.54 Å². The molecule has 2 aromatic rings. The first-order valence-corrected chi connectivity index (χ1v) is 7.34. The van der Waals surface area contributed by atoms with E-state index in [1.54, 1.807) is 6.20 Å². The van der Waals surface area contributed by atoms with Gasteiger partial charge in [-0.3, -0.25) is 9.48 Å². The summed E-state index contributed by atoms with van der Waals surface area (Å²) in [6, 6.07) is 11.8. The zero-order valence-electron chi connectivity index (χ0n) is 12.0. The van der Waals surface area contributed by atoms with Crippen molar-refractivity contribution in [2.24, 2.45) is 0 Å². The molecule has 5 nitrogen and oxygen atoms in total. The van der Waals surface area contributed by atoms with Crippen LogP contribution in [0.2, 0.25) is 0 Å². The molecule has 0 atom stereocenters. The molecule has 1 aliphatic heterocycles. The van der Waals surface area contributed by atoms with Crippen molar-refractivity contribution in [2.75, 3.05) is 13.1 Å². The number of nitrogens with zero attached hydrogens (tertiary/aromatic N) is 2. The van der Waals surface area contributed by atoms with Gasteiger partial charge in [-0.15, -0.1) is 0 Å². The van der Waals surface area contributed by atoms with Gasteiger partial charge in [0.15, 0.2) is 0 Å². The highest BCUT2D eigenvalue weighted by Crippen LogP contribution is 2.27. The molecular weight excluding hydrogens is 264 g/mol. The smallest absolute Gasteiger partial charge is 0.248 e. The van der Waals surface area contributed by atoms with Crippen molar-refractivity contribution in [3.05, 3.63) is 54.4 Å². The van der Waals surface area contributed by atoms with Gasteiger partial charge < -0.3 is 10.6 Å². The lowest BCUT2D eigenvalue weighted by atomic mass is 9.87. The summed E-state index contributed by atoms with van der Waals surface area (Å²) >= 11 is 0. The molecule has 0 bridgehead atoms. The topological polar surface area (TPSA) is 59.0 Å². The molecule has 1 amide bonds. The number of hydrogen-bond donors (Lipinski definition) is 2. The summed E-state index contributed by atoms with van der Waals surface area (Å²) in [5.74, 6) is 0.0524. The Morgan fingerprint density at radius 3 is 2.67 bits per heavy atom. The number of amides is 1. The van der Waals surface area contributed by atoms with Crippen LogP contribution >= 0.6 is 0 Å². The zero-order valence-corrected chi connectivity index (χ0v) is 12.0. The van der Waals surface area contributed by atoms with Crippen LogP contribution < -0.4 is 10.6 Å². The van der Waals surface area contributed by atoms with Gasteiger partial charge in [0, 0.05) is 18.9 Å². The molecule has 110 valence electrons. The average molecular weight is 284 g/mol. The molecule has 2 N–H and O–H groups in total. The minimum atomic E-state index is -0.566. The van der Waals surface area contributed by atoms with Crippen LogP contribution in [-0.4, -0.2) is 28.8 Å². The molecule has 5 heteroatoms. The maximum atomic E-state index is 12.8. The van der Waals surface area contributed by atoms with Gasteiger partial charge >= 0.3 is 0 Å². The highest BCUT2D eigenvalue weighted by Gasteiger charge is 2.41. The molecule has 1 saturated heterocycles. The summed E-state index contributed by atoms with van der Waals surface area (Å²) in [6.07, 6.45) is 5.13. The van der Waals surface area contributed by atoms with E-state index in [1.165, 1.54) is 0 Å². The van der Waals surface area contributed by atoms with Crippen LogP contribution in [0.5, 0.6) is 0 Å². The molecule has 1 fully saturated rings. The zero-order chi connectivity index (χ0) is 14.5. The quantitative estimate of drug-likeness (QED) is 0.889. The number of piperidine rings is 1. The Balaban J connectivity index is 1.75. The van der Waals surface area contributed by atoms with Gasteiger partial charge in [0.25, 0.3) is 0 Å². The van der Waals surface area contributed by atoms with E-state index in [4.69, 9.17) is 0 Å². The van der Waals surface area contributed by atoms with Crippen LogP contribution in [-0.2, 0) is 16.9 Å². The maximum absolute atomic E-state index is 12.8. The molecule has 0 radical (unpaired) electrons. The summed E-state index contributed by atoms with van der Waals surface area (Å²) in [6.45, 7) is 2.22. The second kappa shape index (κ2) is 6.10. The SMILES string of the molecule is O=C(NCc1ccccc1)C1(n2cccn2)CCNCC1. The molecule has 1 aromatic carbocycles. The van der Waals surface area contributed by atoms with Crippen LogP contribution in [0.3, 0.4) is 0 Å². The van der Waals surface area contributed by atoms with Gasteiger partial charge in [0.05, 0.1) is 0 Å². The highest BCUT2D eigenvalue weighted by atomic mass is 16.2. The van der Waals surface area contributed by atoms with E-state index < -0.39 is 5.54 Å². The van der Waals surface area contributed by atoms with Crippen molar-refractivity contribution in [1.29, 1.82) is 0 Å². The van der Waals surface area contributed by atoms with Crippen LogP contribution in [0.4, 0.5) is 0 Å². The van der Waals surface area contributed by atoms with Crippen LogP contribution in [0.1, 0.15) is 18.4 Å².